The van der Waals surface area contributed by atoms with Gasteiger partial charge in [0.1, 0.15) is 12.3 Å². The number of esters is 1. The molecule has 0 unspecified atom stereocenters. The third-order valence-corrected chi connectivity index (χ3v) is 3.35. The molecule has 118 valence electrons. The van der Waals surface area contributed by atoms with Crippen LogP contribution in [-0.4, -0.2) is 35.5 Å². The maximum Gasteiger partial charge on any atom is 0.325 e. The number of ether oxygens (including phenoxy) is 2. The van der Waals surface area contributed by atoms with Crippen LogP contribution in [0.2, 0.25) is 0 Å². The Bertz CT molecular complexity index is 726. The average molecular weight is 304 g/mol. The molecular formula is C16H20N2O4. The fourth-order valence-electron chi connectivity index (χ4n) is 2.10. The molecule has 6 nitrogen and oxygen atoms in total. The van der Waals surface area contributed by atoms with Gasteiger partial charge in [0.05, 0.1) is 25.3 Å². The van der Waals surface area contributed by atoms with Crippen LogP contribution in [0.3, 0.4) is 0 Å². The molecule has 0 aliphatic rings. The summed E-state index contributed by atoms with van der Waals surface area (Å²) in [6, 6.07) is 5.29. The number of hydrogen-bond donors (Lipinski definition) is 0. The predicted octanol–water partition coefficient (Wildman–Crippen LogP) is 2.45. The molecule has 0 spiro atoms. The number of methoxy groups -OCH3 is 2. The van der Waals surface area contributed by atoms with E-state index in [1.165, 1.54) is 7.11 Å². The van der Waals surface area contributed by atoms with Gasteiger partial charge >= 0.3 is 5.97 Å². The van der Waals surface area contributed by atoms with E-state index in [9.17, 15) is 9.59 Å². The van der Waals surface area contributed by atoms with E-state index in [1.54, 1.807) is 29.9 Å². The summed E-state index contributed by atoms with van der Waals surface area (Å²) in [5.41, 5.74) is 0.703. The Morgan fingerprint density at radius 3 is 2.45 bits per heavy atom. The van der Waals surface area contributed by atoms with Crippen LogP contribution in [0.1, 0.15) is 31.4 Å². The molecule has 1 aromatic carbocycles. The number of carbonyl (C=O) groups excluding carboxylic acids is 2. The summed E-state index contributed by atoms with van der Waals surface area (Å²) >= 11 is 0. The third-order valence-electron chi connectivity index (χ3n) is 3.35. The number of rotatable bonds is 4. The highest BCUT2D eigenvalue weighted by Crippen LogP contribution is 2.26. The highest BCUT2D eigenvalue weighted by Gasteiger charge is 2.29. The van der Waals surface area contributed by atoms with Gasteiger partial charge in [-0.15, -0.1) is 0 Å². The lowest BCUT2D eigenvalue weighted by atomic mass is 9.90. The second-order valence-corrected chi connectivity index (χ2v) is 6.03. The molecule has 0 radical (unpaired) electrons. The molecule has 0 bridgehead atoms. The van der Waals surface area contributed by atoms with Gasteiger partial charge in [-0.1, -0.05) is 20.8 Å². The molecule has 22 heavy (non-hydrogen) atoms. The van der Waals surface area contributed by atoms with E-state index in [0.29, 0.717) is 16.8 Å². The minimum atomic E-state index is -0.598. The van der Waals surface area contributed by atoms with Gasteiger partial charge < -0.3 is 14.0 Å². The molecule has 1 heterocycles. The van der Waals surface area contributed by atoms with E-state index in [-0.39, 0.29) is 18.2 Å². The number of hydrogen-bond acceptors (Lipinski definition) is 5. The number of fused-ring (bicyclic) bond motifs is 1. The summed E-state index contributed by atoms with van der Waals surface area (Å²) < 4.78 is 11.5. The minimum absolute atomic E-state index is 0.0590. The number of carbonyl (C=O) groups is 2. The summed E-state index contributed by atoms with van der Waals surface area (Å²) in [6.07, 6.45) is 0. The van der Waals surface area contributed by atoms with Crippen LogP contribution in [0.4, 0.5) is 0 Å². The van der Waals surface area contributed by atoms with Gasteiger partial charge in [-0.3, -0.25) is 9.59 Å². The number of Topliss-reactive ketones (excluding diaryl/α,β-unsaturated/α-hetero) is 1. The van der Waals surface area contributed by atoms with Crippen molar-refractivity contribution >= 4 is 22.8 Å². The van der Waals surface area contributed by atoms with Gasteiger partial charge in [0.2, 0.25) is 5.78 Å². The molecule has 6 heteroatoms. The van der Waals surface area contributed by atoms with Crippen LogP contribution in [0.25, 0.3) is 11.0 Å². The van der Waals surface area contributed by atoms with E-state index >= 15 is 0 Å². The van der Waals surface area contributed by atoms with Gasteiger partial charge in [-0.05, 0) is 12.1 Å². The smallest absolute Gasteiger partial charge is 0.325 e. The molecule has 1 aromatic heterocycles. The fourth-order valence-corrected chi connectivity index (χ4v) is 2.10. The van der Waals surface area contributed by atoms with Crippen molar-refractivity contribution in [3.63, 3.8) is 0 Å². The average Bonchev–Trinajstić information content (AvgIpc) is 2.82. The van der Waals surface area contributed by atoms with Crippen LogP contribution in [0, 0.1) is 5.41 Å². The normalized spacial score (nSPS) is 11.5. The Morgan fingerprint density at radius 1 is 1.23 bits per heavy atom. The summed E-state index contributed by atoms with van der Waals surface area (Å²) in [5, 5.41) is 0. The van der Waals surface area contributed by atoms with E-state index < -0.39 is 11.4 Å². The van der Waals surface area contributed by atoms with E-state index in [0.717, 1.165) is 0 Å². The standard InChI is InChI=1S/C16H20N2O4/c1-16(2,3)14(20)15-17-11-8-10(21-4)6-7-12(11)18(15)9-13(19)22-5/h6-8H,9H2,1-5H3. The second-order valence-electron chi connectivity index (χ2n) is 6.03. The van der Waals surface area contributed by atoms with Crippen LogP contribution < -0.4 is 4.74 Å². The zero-order valence-electron chi connectivity index (χ0n) is 13.5. The number of ketones is 1. The SMILES string of the molecule is COC(=O)Cn1c(C(=O)C(C)(C)C)nc2cc(OC)ccc21. The maximum absolute atomic E-state index is 12.6. The Balaban J connectivity index is 2.64. The molecule has 2 rings (SSSR count). The van der Waals surface area contributed by atoms with Crippen molar-refractivity contribution in [2.24, 2.45) is 5.41 Å². The topological polar surface area (TPSA) is 70.4 Å². The number of imidazole rings is 1. The molecule has 0 saturated heterocycles. The van der Waals surface area contributed by atoms with E-state index in [2.05, 4.69) is 4.98 Å². The Morgan fingerprint density at radius 2 is 1.91 bits per heavy atom. The first-order chi connectivity index (χ1) is 10.3. The van der Waals surface area contributed by atoms with Crippen molar-refractivity contribution in [1.29, 1.82) is 0 Å². The molecule has 0 aliphatic heterocycles. The molecule has 0 aliphatic carbocycles. The third kappa shape index (κ3) is 2.95. The van der Waals surface area contributed by atoms with Crippen LogP contribution in [-0.2, 0) is 16.1 Å². The van der Waals surface area contributed by atoms with Gasteiger partial charge in [-0.25, -0.2) is 4.98 Å². The molecule has 0 N–H and O–H groups in total. The molecule has 2 aromatic rings. The largest absolute Gasteiger partial charge is 0.497 e. The van der Waals surface area contributed by atoms with Crippen molar-refractivity contribution in [3.8, 4) is 5.75 Å². The van der Waals surface area contributed by atoms with Crippen molar-refractivity contribution in [1.82, 2.24) is 9.55 Å². The number of nitrogens with zero attached hydrogens (tertiary/aromatic N) is 2. The summed E-state index contributed by atoms with van der Waals surface area (Å²) in [7, 11) is 2.88. The maximum atomic E-state index is 12.6. The summed E-state index contributed by atoms with van der Waals surface area (Å²) in [4.78, 5) is 28.7. The van der Waals surface area contributed by atoms with Gasteiger partial charge in [0, 0.05) is 11.5 Å². The number of benzene rings is 1. The lowest BCUT2D eigenvalue weighted by Gasteiger charge is -2.16. The van der Waals surface area contributed by atoms with E-state index in [1.807, 2.05) is 20.8 Å². The minimum Gasteiger partial charge on any atom is -0.497 e. The Hall–Kier alpha value is -2.37. The first kappa shape index (κ1) is 16.0. The monoisotopic (exact) mass is 304 g/mol. The van der Waals surface area contributed by atoms with Crippen LogP contribution >= 0.6 is 0 Å². The van der Waals surface area contributed by atoms with E-state index in [4.69, 9.17) is 9.47 Å². The van der Waals surface area contributed by atoms with Crippen molar-refractivity contribution < 1.29 is 19.1 Å². The second kappa shape index (κ2) is 5.79. The van der Waals surface area contributed by atoms with Crippen molar-refractivity contribution in [2.45, 2.75) is 27.3 Å². The first-order valence-corrected chi connectivity index (χ1v) is 6.94. The van der Waals surface area contributed by atoms with Gasteiger partial charge in [0.25, 0.3) is 0 Å². The van der Waals surface area contributed by atoms with Crippen LogP contribution in [0.5, 0.6) is 5.75 Å². The molecule has 0 atom stereocenters. The Labute approximate surface area is 129 Å². The first-order valence-electron chi connectivity index (χ1n) is 6.94. The summed E-state index contributed by atoms with van der Waals surface area (Å²) in [6.45, 7) is 5.39. The highest BCUT2D eigenvalue weighted by molar-refractivity contribution is 6.00. The summed E-state index contributed by atoms with van der Waals surface area (Å²) in [5.74, 6) is 0.329. The predicted molar refractivity (Wildman–Crippen MR) is 82.1 cm³/mol. The quantitative estimate of drug-likeness (QED) is 0.641. The molecular weight excluding hydrogens is 284 g/mol. The van der Waals surface area contributed by atoms with Gasteiger partial charge in [0.15, 0.2) is 5.82 Å². The van der Waals surface area contributed by atoms with Crippen molar-refractivity contribution in [3.05, 3.63) is 24.0 Å². The molecule has 0 saturated carbocycles. The zero-order chi connectivity index (χ0) is 16.5. The Kier molecular flexibility index (Phi) is 4.21. The fraction of sp³-hybridized carbons (Fsp3) is 0.438. The molecule has 0 amide bonds. The highest BCUT2D eigenvalue weighted by atomic mass is 16.5. The molecule has 0 fully saturated rings. The zero-order valence-corrected chi connectivity index (χ0v) is 13.5. The van der Waals surface area contributed by atoms with Crippen molar-refractivity contribution in [2.75, 3.05) is 14.2 Å². The lowest BCUT2D eigenvalue weighted by Crippen LogP contribution is -2.26. The number of aromatic nitrogens is 2. The lowest BCUT2D eigenvalue weighted by molar-refractivity contribution is -0.141. The van der Waals surface area contributed by atoms with Crippen LogP contribution in [0.15, 0.2) is 18.2 Å². The van der Waals surface area contributed by atoms with Gasteiger partial charge in [-0.2, -0.15) is 0 Å².